The first kappa shape index (κ1) is 8.32. The second-order valence-corrected chi connectivity index (χ2v) is 3.32. The van der Waals surface area contributed by atoms with Crippen LogP contribution in [0.5, 0.6) is 0 Å². The molecule has 0 amide bonds. The third-order valence-electron chi connectivity index (χ3n) is 2.11. The van der Waals surface area contributed by atoms with Crippen LogP contribution in [0.1, 0.15) is 10.4 Å². The van der Waals surface area contributed by atoms with Gasteiger partial charge in [0.1, 0.15) is 0 Å². The Balaban J connectivity index is 2.70. The first-order valence-electron chi connectivity index (χ1n) is 3.93. The number of hydrogen-bond acceptors (Lipinski definition) is 1. The summed E-state index contributed by atoms with van der Waals surface area (Å²) < 4.78 is 2.00. The van der Waals surface area contributed by atoms with Crippen LogP contribution in [0.4, 0.5) is 0 Å². The van der Waals surface area contributed by atoms with Crippen molar-refractivity contribution in [3.05, 3.63) is 36.0 Å². The molecular weight excluding hydrogens is 186 g/mol. The summed E-state index contributed by atoms with van der Waals surface area (Å²) in [5.74, 6) is 0. The number of nitrogens with zero attached hydrogens (tertiary/aromatic N) is 1. The van der Waals surface area contributed by atoms with Gasteiger partial charge in [-0.05, 0) is 35.9 Å². The van der Waals surface area contributed by atoms with Crippen molar-refractivity contribution in [2.45, 2.75) is 0 Å². The van der Waals surface area contributed by atoms with Gasteiger partial charge in [0, 0.05) is 29.7 Å². The van der Waals surface area contributed by atoms with Gasteiger partial charge in [-0.2, -0.15) is 0 Å². The van der Waals surface area contributed by atoms with Crippen molar-refractivity contribution in [1.29, 1.82) is 0 Å². The number of fused-ring (bicyclic) bond motifs is 1. The number of aryl methyl sites for hydroxylation is 1. The average molecular weight is 194 g/mol. The molecule has 0 fully saturated rings. The van der Waals surface area contributed by atoms with Crippen molar-refractivity contribution in [2.75, 3.05) is 0 Å². The second-order valence-electron chi connectivity index (χ2n) is 2.97. The molecule has 0 unspecified atom stereocenters. The highest BCUT2D eigenvalue weighted by Crippen LogP contribution is 2.17. The number of hydrogen-bond donors (Lipinski definition) is 0. The van der Waals surface area contributed by atoms with E-state index in [1.807, 2.05) is 29.9 Å². The number of rotatable bonds is 1. The Hall–Kier alpha value is -1.28. The Morgan fingerprint density at radius 2 is 2.15 bits per heavy atom. The van der Waals surface area contributed by atoms with Crippen LogP contribution in [-0.4, -0.2) is 9.81 Å². The van der Waals surface area contributed by atoms with E-state index >= 15 is 0 Å². The molecule has 1 aromatic heterocycles. The van der Waals surface area contributed by atoms with Gasteiger partial charge in [0.25, 0.3) is 5.24 Å². The molecule has 0 aliphatic carbocycles. The van der Waals surface area contributed by atoms with Crippen molar-refractivity contribution in [3.63, 3.8) is 0 Å². The molecule has 2 nitrogen and oxygen atoms in total. The topological polar surface area (TPSA) is 22.0 Å². The number of carbonyl (C=O) groups excluding carboxylic acids is 1. The predicted molar refractivity (Wildman–Crippen MR) is 53.1 cm³/mol. The number of benzene rings is 1. The van der Waals surface area contributed by atoms with Crippen LogP contribution in [-0.2, 0) is 7.05 Å². The zero-order chi connectivity index (χ0) is 9.42. The fraction of sp³-hybridized carbons (Fsp3) is 0.100. The van der Waals surface area contributed by atoms with Crippen LogP contribution >= 0.6 is 11.6 Å². The molecule has 66 valence electrons. The maximum atomic E-state index is 10.9. The molecule has 0 N–H and O–H groups in total. The van der Waals surface area contributed by atoms with Gasteiger partial charge in [-0.15, -0.1) is 0 Å². The van der Waals surface area contributed by atoms with Crippen LogP contribution in [0, 0.1) is 0 Å². The highest BCUT2D eigenvalue weighted by atomic mass is 35.5. The average Bonchev–Trinajstić information content (AvgIpc) is 2.47. The van der Waals surface area contributed by atoms with Crippen molar-refractivity contribution < 1.29 is 4.79 Å². The molecule has 0 bridgehead atoms. The Labute approximate surface area is 80.7 Å². The highest BCUT2D eigenvalue weighted by molar-refractivity contribution is 6.67. The van der Waals surface area contributed by atoms with Crippen LogP contribution in [0.2, 0.25) is 0 Å². The highest BCUT2D eigenvalue weighted by Gasteiger charge is 2.03. The Morgan fingerprint density at radius 1 is 1.38 bits per heavy atom. The molecule has 3 heteroatoms. The zero-order valence-electron chi connectivity index (χ0n) is 7.12. The number of aromatic nitrogens is 1. The van der Waals surface area contributed by atoms with Crippen molar-refractivity contribution in [3.8, 4) is 0 Å². The van der Waals surface area contributed by atoms with Gasteiger partial charge in [-0.3, -0.25) is 4.79 Å². The van der Waals surface area contributed by atoms with E-state index in [2.05, 4.69) is 0 Å². The first-order valence-corrected chi connectivity index (χ1v) is 4.31. The lowest BCUT2D eigenvalue weighted by molar-refractivity contribution is 0.108. The van der Waals surface area contributed by atoms with E-state index in [1.54, 1.807) is 12.1 Å². The molecular formula is C10H8ClNO. The lowest BCUT2D eigenvalue weighted by Gasteiger charge is -1.97. The van der Waals surface area contributed by atoms with Gasteiger partial charge in [-0.1, -0.05) is 0 Å². The van der Waals surface area contributed by atoms with Crippen LogP contribution in [0.15, 0.2) is 30.5 Å². The fourth-order valence-corrected chi connectivity index (χ4v) is 1.52. The van der Waals surface area contributed by atoms with Gasteiger partial charge in [-0.25, -0.2) is 0 Å². The van der Waals surface area contributed by atoms with E-state index in [-0.39, 0.29) is 0 Å². The summed E-state index contributed by atoms with van der Waals surface area (Å²) >= 11 is 5.36. The molecule has 13 heavy (non-hydrogen) atoms. The first-order chi connectivity index (χ1) is 6.18. The number of carbonyl (C=O) groups is 1. The smallest absolute Gasteiger partial charge is 0.252 e. The molecule has 2 rings (SSSR count). The van der Waals surface area contributed by atoms with E-state index in [4.69, 9.17) is 11.6 Å². The molecule has 0 aliphatic rings. The molecule has 0 spiro atoms. The van der Waals surface area contributed by atoms with Gasteiger partial charge in [0.05, 0.1) is 0 Å². The summed E-state index contributed by atoms with van der Waals surface area (Å²) in [6, 6.07) is 7.38. The SMILES string of the molecule is Cn1ccc2cc(C(=O)Cl)ccc21. The summed E-state index contributed by atoms with van der Waals surface area (Å²) in [7, 11) is 1.96. The summed E-state index contributed by atoms with van der Waals surface area (Å²) in [4.78, 5) is 10.9. The third-order valence-corrected chi connectivity index (χ3v) is 2.33. The van der Waals surface area contributed by atoms with Crippen LogP contribution in [0.25, 0.3) is 10.9 Å². The van der Waals surface area contributed by atoms with Gasteiger partial charge in [0.15, 0.2) is 0 Å². The summed E-state index contributed by atoms with van der Waals surface area (Å²) in [6.45, 7) is 0. The molecule has 0 atom stereocenters. The lowest BCUT2D eigenvalue weighted by atomic mass is 10.2. The monoisotopic (exact) mass is 193 g/mol. The minimum absolute atomic E-state index is 0.411. The molecule has 0 saturated heterocycles. The van der Waals surface area contributed by atoms with E-state index < -0.39 is 5.24 Å². The Morgan fingerprint density at radius 3 is 2.85 bits per heavy atom. The van der Waals surface area contributed by atoms with E-state index in [0.29, 0.717) is 5.56 Å². The predicted octanol–water partition coefficient (Wildman–Crippen LogP) is 2.56. The fourth-order valence-electron chi connectivity index (χ4n) is 1.40. The van der Waals surface area contributed by atoms with E-state index in [9.17, 15) is 4.79 Å². The van der Waals surface area contributed by atoms with Gasteiger partial charge >= 0.3 is 0 Å². The Kier molecular flexibility index (Phi) is 1.85. The summed E-state index contributed by atoms with van der Waals surface area (Å²) in [5.41, 5.74) is 1.64. The quantitative estimate of drug-likeness (QED) is 0.638. The minimum Gasteiger partial charge on any atom is -0.351 e. The Bertz CT molecular complexity index is 473. The zero-order valence-corrected chi connectivity index (χ0v) is 7.88. The van der Waals surface area contributed by atoms with Crippen LogP contribution in [0.3, 0.4) is 0 Å². The molecule has 0 saturated carbocycles. The van der Waals surface area contributed by atoms with Crippen molar-refractivity contribution in [2.24, 2.45) is 7.05 Å². The van der Waals surface area contributed by atoms with E-state index in [1.165, 1.54) is 0 Å². The maximum Gasteiger partial charge on any atom is 0.252 e. The minimum atomic E-state index is -0.411. The number of halogens is 1. The van der Waals surface area contributed by atoms with Crippen molar-refractivity contribution >= 4 is 27.7 Å². The van der Waals surface area contributed by atoms with Crippen LogP contribution < -0.4 is 0 Å². The van der Waals surface area contributed by atoms with Gasteiger partial charge < -0.3 is 4.57 Å². The third kappa shape index (κ3) is 1.33. The maximum absolute atomic E-state index is 10.9. The normalized spacial score (nSPS) is 10.6. The lowest BCUT2D eigenvalue weighted by Crippen LogP contribution is -1.88. The largest absolute Gasteiger partial charge is 0.351 e. The van der Waals surface area contributed by atoms with E-state index in [0.717, 1.165) is 10.9 Å². The molecule has 2 aromatic rings. The summed E-state index contributed by atoms with van der Waals surface area (Å²) in [5, 5.41) is 0.625. The second kappa shape index (κ2) is 2.89. The summed E-state index contributed by atoms with van der Waals surface area (Å²) in [6.07, 6.45) is 1.95. The van der Waals surface area contributed by atoms with Crippen molar-refractivity contribution in [1.82, 2.24) is 4.57 Å². The van der Waals surface area contributed by atoms with Gasteiger partial charge in [0.2, 0.25) is 0 Å². The molecule has 1 aromatic carbocycles. The molecule has 0 radical (unpaired) electrons. The molecule has 0 aliphatic heterocycles. The standard InChI is InChI=1S/C10H8ClNO/c1-12-5-4-7-6-8(10(11)13)2-3-9(7)12/h2-6H,1H3. The molecule has 1 heterocycles.